The molecule has 12 heteroatoms. The number of aliphatic hydroxyl groups excluding tert-OH is 1. The Balaban J connectivity index is 1.22. The number of carbonyl (C=O) groups is 1. The first-order valence-electron chi connectivity index (χ1n) is 12.0. The first-order chi connectivity index (χ1) is 17.5. The molecule has 36 heavy (non-hydrogen) atoms. The van der Waals surface area contributed by atoms with Crippen molar-refractivity contribution in [3.63, 3.8) is 0 Å². The number of ether oxygens (including phenoxy) is 1. The molecule has 1 aliphatic rings. The van der Waals surface area contributed by atoms with Gasteiger partial charge in [0.25, 0.3) is 0 Å². The average molecular weight is 499 g/mol. The Morgan fingerprint density at radius 2 is 2.06 bits per heavy atom. The van der Waals surface area contributed by atoms with E-state index in [1.807, 2.05) is 12.1 Å². The minimum atomic E-state index is -1.17. The Hall–Kier alpha value is -3.35. The summed E-state index contributed by atoms with van der Waals surface area (Å²) in [6, 6.07) is 7.36. The number of aryl methyl sites for hydroxylation is 1. The largest absolute Gasteiger partial charge is 0.381 e. The molecule has 3 aromatic rings. The molecule has 11 nitrogen and oxygen atoms in total. The maximum absolute atomic E-state index is 14.4. The van der Waals surface area contributed by atoms with Crippen molar-refractivity contribution >= 4 is 11.7 Å². The highest BCUT2D eigenvalue weighted by Gasteiger charge is 2.17. The number of hydrogen-bond acceptors (Lipinski definition) is 9. The van der Waals surface area contributed by atoms with E-state index in [0.717, 1.165) is 26.1 Å². The van der Waals surface area contributed by atoms with Gasteiger partial charge in [0.2, 0.25) is 5.91 Å². The van der Waals surface area contributed by atoms with Gasteiger partial charge in [0.15, 0.2) is 12.0 Å². The van der Waals surface area contributed by atoms with Crippen LogP contribution in [0.25, 0.3) is 0 Å². The maximum Gasteiger partial charge on any atom is 0.231 e. The summed E-state index contributed by atoms with van der Waals surface area (Å²) in [5.41, 5.74) is 2.84. The van der Waals surface area contributed by atoms with Gasteiger partial charge in [0.1, 0.15) is 11.9 Å². The molecule has 1 aliphatic heterocycles. The molecule has 0 radical (unpaired) electrons. The molecular weight excluding hydrogens is 467 g/mol. The molecule has 0 aromatic carbocycles. The molecule has 0 bridgehead atoms. The summed E-state index contributed by atoms with van der Waals surface area (Å²) in [5, 5.41) is 30.8. The monoisotopic (exact) mass is 498 g/mol. The molecule has 1 saturated heterocycles. The Morgan fingerprint density at radius 1 is 1.22 bits per heavy atom. The molecule has 2 atom stereocenters. The van der Waals surface area contributed by atoms with Crippen molar-refractivity contribution in [1.82, 2.24) is 35.5 Å². The zero-order valence-electron chi connectivity index (χ0n) is 20.2. The fraction of sp³-hybridized carbons (Fsp3) is 0.500. The molecule has 2 unspecified atom stereocenters. The molecule has 0 saturated carbocycles. The van der Waals surface area contributed by atoms with Crippen molar-refractivity contribution in [2.75, 3.05) is 25.6 Å². The van der Waals surface area contributed by atoms with Crippen LogP contribution in [-0.2, 0) is 28.9 Å². The van der Waals surface area contributed by atoms with Crippen molar-refractivity contribution in [3.05, 3.63) is 59.3 Å². The van der Waals surface area contributed by atoms with Crippen LogP contribution in [0.2, 0.25) is 0 Å². The van der Waals surface area contributed by atoms with E-state index >= 15 is 0 Å². The summed E-state index contributed by atoms with van der Waals surface area (Å²) < 4.78 is 21.2. The van der Waals surface area contributed by atoms with Crippen LogP contribution in [0, 0.1) is 0 Å². The summed E-state index contributed by atoms with van der Waals surface area (Å²) in [6.07, 6.45) is 3.83. The van der Waals surface area contributed by atoms with Crippen LogP contribution in [0.1, 0.15) is 54.1 Å². The second-order valence-corrected chi connectivity index (χ2v) is 8.79. The molecule has 3 aromatic heterocycles. The van der Waals surface area contributed by atoms with Gasteiger partial charge in [-0.15, -0.1) is 10.2 Å². The van der Waals surface area contributed by atoms with Crippen molar-refractivity contribution in [3.8, 4) is 0 Å². The fourth-order valence-electron chi connectivity index (χ4n) is 4.06. The van der Waals surface area contributed by atoms with Crippen molar-refractivity contribution < 1.29 is 19.0 Å². The number of amides is 1. The predicted octanol–water partition coefficient (Wildman–Crippen LogP) is 1.72. The van der Waals surface area contributed by atoms with Gasteiger partial charge in [0.05, 0.1) is 24.9 Å². The van der Waals surface area contributed by atoms with Gasteiger partial charge in [-0.3, -0.25) is 15.1 Å². The van der Waals surface area contributed by atoms with Crippen LogP contribution in [0.4, 0.5) is 10.2 Å². The summed E-state index contributed by atoms with van der Waals surface area (Å²) in [6.45, 7) is 1.54. The number of anilines is 1. The van der Waals surface area contributed by atoms with E-state index in [4.69, 9.17) is 4.74 Å². The van der Waals surface area contributed by atoms with Crippen LogP contribution in [0.3, 0.4) is 0 Å². The van der Waals surface area contributed by atoms with Crippen molar-refractivity contribution in [2.24, 2.45) is 0 Å². The van der Waals surface area contributed by atoms with Crippen molar-refractivity contribution in [2.45, 2.75) is 57.0 Å². The number of pyridine rings is 1. The van der Waals surface area contributed by atoms with E-state index in [1.165, 1.54) is 16.4 Å². The Morgan fingerprint density at radius 3 is 2.81 bits per heavy atom. The van der Waals surface area contributed by atoms with Gasteiger partial charge < -0.3 is 15.2 Å². The van der Waals surface area contributed by atoms with Gasteiger partial charge in [-0.2, -0.15) is 5.10 Å². The van der Waals surface area contributed by atoms with Gasteiger partial charge in [-0.1, -0.05) is 5.21 Å². The second kappa shape index (κ2) is 12.6. The molecule has 0 aliphatic carbocycles. The second-order valence-electron chi connectivity index (χ2n) is 8.79. The van der Waals surface area contributed by atoms with E-state index in [-0.39, 0.29) is 25.3 Å². The smallest absolute Gasteiger partial charge is 0.231 e. The minimum absolute atomic E-state index is 0.0226. The van der Waals surface area contributed by atoms with E-state index < -0.39 is 12.4 Å². The summed E-state index contributed by atoms with van der Waals surface area (Å²) in [4.78, 5) is 16.8. The lowest BCUT2D eigenvalue weighted by Gasteiger charge is -2.22. The fourth-order valence-corrected chi connectivity index (χ4v) is 4.06. The van der Waals surface area contributed by atoms with Crippen LogP contribution in [0.15, 0.2) is 36.7 Å². The lowest BCUT2D eigenvalue weighted by Crippen LogP contribution is -2.18. The van der Waals surface area contributed by atoms with E-state index in [0.29, 0.717) is 35.2 Å². The molecule has 192 valence electrons. The predicted molar refractivity (Wildman–Crippen MR) is 129 cm³/mol. The standard InChI is InChI=1S/C24H31FN8O3/c1-26-24(35)21-15-33(32-30-21)14-18(25)2-3-19-4-5-22(31-29-19)28-23(34)13-20-12-17(6-9-27-20)16-7-10-36-11-8-16/h4-6,9,12,15-16,18,24,26,35H,2-3,7-8,10-11,13-14H2,1H3,(H,28,31,34). The number of nitrogens with zero attached hydrogens (tertiary/aromatic N) is 6. The number of aliphatic hydroxyl groups is 1. The zero-order chi connectivity index (χ0) is 25.3. The maximum atomic E-state index is 14.4. The quantitative estimate of drug-likeness (QED) is 0.337. The van der Waals surface area contributed by atoms with Crippen LogP contribution >= 0.6 is 0 Å². The number of halogens is 1. The van der Waals surface area contributed by atoms with Gasteiger partial charge in [-0.25, -0.2) is 9.07 Å². The van der Waals surface area contributed by atoms with Crippen LogP contribution < -0.4 is 10.6 Å². The summed E-state index contributed by atoms with van der Waals surface area (Å²) in [7, 11) is 1.59. The number of rotatable bonds is 11. The summed E-state index contributed by atoms with van der Waals surface area (Å²) >= 11 is 0. The number of alkyl halides is 1. The topological polar surface area (TPSA) is 140 Å². The highest BCUT2D eigenvalue weighted by molar-refractivity contribution is 5.91. The average Bonchev–Trinajstić information content (AvgIpc) is 3.37. The molecule has 4 rings (SSSR count). The Kier molecular flexibility index (Phi) is 8.98. The molecule has 1 amide bonds. The van der Waals surface area contributed by atoms with E-state index in [2.05, 4.69) is 36.1 Å². The Bertz CT molecular complexity index is 1120. The number of hydrogen-bond donors (Lipinski definition) is 3. The first kappa shape index (κ1) is 25.7. The minimum Gasteiger partial charge on any atom is -0.381 e. The molecule has 3 N–H and O–H groups in total. The van der Waals surface area contributed by atoms with E-state index in [1.54, 1.807) is 25.4 Å². The highest BCUT2D eigenvalue weighted by Crippen LogP contribution is 2.26. The van der Waals surface area contributed by atoms with Crippen LogP contribution in [0.5, 0.6) is 0 Å². The zero-order valence-corrected chi connectivity index (χ0v) is 20.2. The van der Waals surface area contributed by atoms with Gasteiger partial charge in [-0.05, 0) is 68.5 Å². The lowest BCUT2D eigenvalue weighted by atomic mass is 9.92. The normalized spacial score (nSPS) is 16.0. The first-order valence-corrected chi connectivity index (χ1v) is 12.0. The lowest BCUT2D eigenvalue weighted by molar-refractivity contribution is -0.115. The number of carbonyl (C=O) groups excluding carboxylic acids is 1. The third kappa shape index (κ3) is 7.33. The third-order valence-electron chi connectivity index (χ3n) is 6.07. The van der Waals surface area contributed by atoms with E-state index in [9.17, 15) is 14.3 Å². The highest BCUT2D eigenvalue weighted by atomic mass is 19.1. The molecular formula is C24H31FN8O3. The van der Waals surface area contributed by atoms with Crippen LogP contribution in [-0.4, -0.2) is 67.6 Å². The molecule has 1 fully saturated rings. The van der Waals surface area contributed by atoms with Crippen molar-refractivity contribution in [1.29, 1.82) is 0 Å². The van der Waals surface area contributed by atoms with Gasteiger partial charge >= 0.3 is 0 Å². The number of aromatic nitrogens is 6. The van der Waals surface area contributed by atoms with Gasteiger partial charge in [0, 0.05) is 25.1 Å². The SMILES string of the molecule is CNC(O)c1cn(CC(F)CCc2ccc(NC(=O)Cc3cc(C4CCOCC4)ccn3)nn2)nn1. The molecule has 0 spiro atoms. The number of nitrogens with one attached hydrogen (secondary N) is 2. The molecule has 4 heterocycles. The third-order valence-corrected chi connectivity index (χ3v) is 6.07. The Labute approximate surface area is 208 Å². The summed E-state index contributed by atoms with van der Waals surface area (Å²) in [5.74, 6) is 0.540.